The van der Waals surface area contributed by atoms with Crippen molar-refractivity contribution in [2.75, 3.05) is 38.3 Å². The molecule has 9 nitrogen and oxygen atoms in total. The molecule has 2 rings (SSSR count). The summed E-state index contributed by atoms with van der Waals surface area (Å²) in [6.45, 7) is 1.18. The zero-order chi connectivity index (χ0) is 19.8. The number of fused-ring (bicyclic) bond motifs is 1. The highest BCUT2D eigenvalue weighted by molar-refractivity contribution is 5.93. The lowest BCUT2D eigenvalue weighted by Gasteiger charge is -2.10. The highest BCUT2D eigenvalue weighted by Gasteiger charge is 2.13. The van der Waals surface area contributed by atoms with Gasteiger partial charge in [-0.25, -0.2) is 9.18 Å². The van der Waals surface area contributed by atoms with Crippen molar-refractivity contribution >= 4 is 28.5 Å². The summed E-state index contributed by atoms with van der Waals surface area (Å²) in [5.41, 5.74) is -0.765. The van der Waals surface area contributed by atoms with Crippen LogP contribution in [-0.2, 0) is 14.3 Å². The number of carboxylic acids is 2. The standard InChI is InChI=1S/C17H19FN2O7/c18-12-7-10-13(20-9-11(16(10)23)17(24)25)8-14(12)19-2-4-27-6-5-26-3-1-15(21)22/h7-9,19H,1-6H2,(H,20,23)(H,21,22)(H,24,25). The fourth-order valence-corrected chi connectivity index (χ4v) is 2.27. The van der Waals surface area contributed by atoms with E-state index < -0.39 is 28.7 Å². The van der Waals surface area contributed by atoms with Crippen LogP contribution >= 0.6 is 0 Å². The number of anilines is 1. The van der Waals surface area contributed by atoms with Gasteiger partial charge in [-0.1, -0.05) is 0 Å². The quantitative estimate of drug-likeness (QED) is 0.427. The van der Waals surface area contributed by atoms with E-state index >= 15 is 0 Å². The van der Waals surface area contributed by atoms with Gasteiger partial charge in [0.05, 0.1) is 44.1 Å². The number of rotatable bonds is 11. The predicted molar refractivity (Wildman–Crippen MR) is 93.9 cm³/mol. The van der Waals surface area contributed by atoms with Gasteiger partial charge in [0.25, 0.3) is 0 Å². The lowest BCUT2D eigenvalue weighted by atomic mass is 10.1. The monoisotopic (exact) mass is 382 g/mol. The Balaban J connectivity index is 1.84. The number of pyridine rings is 1. The molecule has 0 amide bonds. The molecule has 0 saturated carbocycles. The van der Waals surface area contributed by atoms with Crippen LogP contribution in [0.5, 0.6) is 0 Å². The number of H-pyrrole nitrogens is 1. The van der Waals surface area contributed by atoms with E-state index in [2.05, 4.69) is 10.3 Å². The lowest BCUT2D eigenvalue weighted by molar-refractivity contribution is -0.138. The number of carboxylic acid groups (broad SMARTS) is 2. The van der Waals surface area contributed by atoms with Gasteiger partial charge in [0, 0.05) is 18.1 Å². The maximum Gasteiger partial charge on any atom is 0.341 e. The van der Waals surface area contributed by atoms with E-state index in [0.29, 0.717) is 5.52 Å². The van der Waals surface area contributed by atoms with Crippen LogP contribution in [0.15, 0.2) is 23.1 Å². The zero-order valence-corrected chi connectivity index (χ0v) is 14.3. The molecule has 2 aromatic rings. The van der Waals surface area contributed by atoms with Crippen LogP contribution in [0, 0.1) is 5.82 Å². The molecular weight excluding hydrogens is 363 g/mol. The third-order valence-corrected chi connectivity index (χ3v) is 3.59. The first-order chi connectivity index (χ1) is 12.9. The molecule has 27 heavy (non-hydrogen) atoms. The molecule has 1 aromatic carbocycles. The summed E-state index contributed by atoms with van der Waals surface area (Å²) in [4.78, 5) is 35.9. The molecule has 0 spiro atoms. The van der Waals surface area contributed by atoms with Crippen molar-refractivity contribution in [2.24, 2.45) is 0 Å². The van der Waals surface area contributed by atoms with Crippen molar-refractivity contribution in [3.63, 3.8) is 0 Å². The number of aromatic carboxylic acids is 1. The Morgan fingerprint density at radius 1 is 1.11 bits per heavy atom. The number of aromatic amines is 1. The van der Waals surface area contributed by atoms with Gasteiger partial charge in [-0.3, -0.25) is 9.59 Å². The van der Waals surface area contributed by atoms with Gasteiger partial charge in [0.1, 0.15) is 11.4 Å². The molecule has 0 fully saturated rings. The third-order valence-electron chi connectivity index (χ3n) is 3.59. The van der Waals surface area contributed by atoms with Gasteiger partial charge >= 0.3 is 11.9 Å². The first kappa shape index (κ1) is 20.3. The summed E-state index contributed by atoms with van der Waals surface area (Å²) in [6, 6.07) is 2.37. The molecule has 0 aliphatic heterocycles. The molecule has 0 atom stereocenters. The Morgan fingerprint density at radius 2 is 1.81 bits per heavy atom. The summed E-state index contributed by atoms with van der Waals surface area (Å²) >= 11 is 0. The number of hydrogen-bond donors (Lipinski definition) is 4. The molecule has 0 aliphatic rings. The molecule has 0 bridgehead atoms. The van der Waals surface area contributed by atoms with Crippen LogP contribution < -0.4 is 10.7 Å². The SMILES string of the molecule is O=C(O)CCOCCOCCNc1cc2[nH]cc(C(=O)O)c(=O)c2cc1F. The lowest BCUT2D eigenvalue weighted by Crippen LogP contribution is -2.16. The molecule has 0 aliphatic carbocycles. The Morgan fingerprint density at radius 3 is 2.48 bits per heavy atom. The molecular formula is C17H19FN2O7. The average molecular weight is 382 g/mol. The second kappa shape index (κ2) is 9.64. The van der Waals surface area contributed by atoms with E-state index in [0.717, 1.165) is 12.3 Å². The number of halogens is 1. The van der Waals surface area contributed by atoms with Crippen LogP contribution in [0.3, 0.4) is 0 Å². The Kier molecular flexibility index (Phi) is 7.26. The number of ether oxygens (including phenoxy) is 2. The maximum absolute atomic E-state index is 14.1. The first-order valence-electron chi connectivity index (χ1n) is 8.09. The second-order valence-corrected chi connectivity index (χ2v) is 5.51. The highest BCUT2D eigenvalue weighted by atomic mass is 19.1. The van der Waals surface area contributed by atoms with Gasteiger partial charge in [0.2, 0.25) is 5.43 Å². The highest BCUT2D eigenvalue weighted by Crippen LogP contribution is 2.19. The van der Waals surface area contributed by atoms with E-state index in [1.54, 1.807) is 0 Å². The molecule has 10 heteroatoms. The van der Waals surface area contributed by atoms with Gasteiger partial charge in [-0.15, -0.1) is 0 Å². The van der Waals surface area contributed by atoms with Gasteiger partial charge < -0.3 is 30.0 Å². The topological polar surface area (TPSA) is 138 Å². The van der Waals surface area contributed by atoms with E-state index in [9.17, 15) is 18.8 Å². The fourth-order valence-electron chi connectivity index (χ4n) is 2.27. The Hall–Kier alpha value is -2.98. The minimum absolute atomic E-state index is 0.0484. The number of aliphatic carboxylic acids is 1. The third kappa shape index (κ3) is 5.76. The predicted octanol–water partition coefficient (Wildman–Crippen LogP) is 1.29. The molecule has 0 radical (unpaired) electrons. The molecule has 146 valence electrons. The van der Waals surface area contributed by atoms with E-state index in [4.69, 9.17) is 19.7 Å². The summed E-state index contributed by atoms with van der Waals surface area (Å²) in [6.07, 6.45) is 1.00. The number of benzene rings is 1. The second-order valence-electron chi connectivity index (χ2n) is 5.51. The minimum atomic E-state index is -1.38. The van der Waals surface area contributed by atoms with Crippen LogP contribution in [0.4, 0.5) is 10.1 Å². The van der Waals surface area contributed by atoms with Gasteiger partial charge in [0.15, 0.2) is 0 Å². The summed E-state index contributed by atoms with van der Waals surface area (Å²) in [5, 5.41) is 20.1. The minimum Gasteiger partial charge on any atom is -0.481 e. The first-order valence-corrected chi connectivity index (χ1v) is 8.09. The number of nitrogens with one attached hydrogen (secondary N) is 2. The smallest absolute Gasteiger partial charge is 0.341 e. The van der Waals surface area contributed by atoms with Gasteiger partial charge in [-0.2, -0.15) is 0 Å². The molecule has 0 saturated heterocycles. The van der Waals surface area contributed by atoms with Crippen LogP contribution in [-0.4, -0.2) is 60.1 Å². The van der Waals surface area contributed by atoms with Crippen molar-refractivity contribution in [3.05, 3.63) is 39.9 Å². The van der Waals surface area contributed by atoms with Crippen molar-refractivity contribution in [3.8, 4) is 0 Å². The number of aromatic nitrogens is 1. The van der Waals surface area contributed by atoms with E-state index in [1.165, 1.54) is 6.07 Å². The Labute approximate surface area is 152 Å². The summed E-state index contributed by atoms with van der Waals surface area (Å²) in [7, 11) is 0. The average Bonchev–Trinajstić information content (AvgIpc) is 2.61. The maximum atomic E-state index is 14.1. The fraction of sp³-hybridized carbons (Fsp3) is 0.353. The molecule has 0 unspecified atom stereocenters. The molecule has 4 N–H and O–H groups in total. The van der Waals surface area contributed by atoms with Crippen molar-refractivity contribution < 1.29 is 33.7 Å². The van der Waals surface area contributed by atoms with Crippen LogP contribution in [0.1, 0.15) is 16.8 Å². The van der Waals surface area contributed by atoms with Gasteiger partial charge in [-0.05, 0) is 12.1 Å². The van der Waals surface area contributed by atoms with Crippen LogP contribution in [0.2, 0.25) is 0 Å². The van der Waals surface area contributed by atoms with E-state index in [-0.39, 0.29) is 50.5 Å². The van der Waals surface area contributed by atoms with E-state index in [1.807, 2.05) is 0 Å². The van der Waals surface area contributed by atoms with Crippen molar-refractivity contribution in [2.45, 2.75) is 6.42 Å². The van der Waals surface area contributed by atoms with Crippen molar-refractivity contribution in [1.29, 1.82) is 0 Å². The normalized spacial score (nSPS) is 10.9. The van der Waals surface area contributed by atoms with Crippen molar-refractivity contribution in [1.82, 2.24) is 4.98 Å². The summed E-state index contributed by atoms with van der Waals surface area (Å²) in [5.74, 6) is -3.00. The summed E-state index contributed by atoms with van der Waals surface area (Å²) < 4.78 is 24.5. The van der Waals surface area contributed by atoms with Crippen LogP contribution in [0.25, 0.3) is 10.9 Å². The number of hydrogen-bond acceptors (Lipinski definition) is 6. The largest absolute Gasteiger partial charge is 0.481 e. The molecule has 1 aromatic heterocycles. The zero-order valence-electron chi connectivity index (χ0n) is 14.3. The number of carbonyl (C=O) groups is 2. The molecule has 1 heterocycles. The Bertz CT molecular complexity index is 881.